The molecule has 1 aliphatic carbocycles. The van der Waals surface area contributed by atoms with Crippen LogP contribution in [0.2, 0.25) is 5.02 Å². The molecule has 0 bridgehead atoms. The molecule has 0 spiro atoms. The highest BCUT2D eigenvalue weighted by Gasteiger charge is 2.23. The van der Waals surface area contributed by atoms with Gasteiger partial charge in [0.25, 0.3) is 0 Å². The molecule has 0 aliphatic heterocycles. The van der Waals surface area contributed by atoms with Crippen molar-refractivity contribution in [2.24, 2.45) is 0 Å². The van der Waals surface area contributed by atoms with Crippen LogP contribution in [0, 0.1) is 0 Å². The topological polar surface area (TPSA) is 72.9 Å². The first-order valence-corrected chi connectivity index (χ1v) is 6.72. The lowest BCUT2D eigenvalue weighted by atomic mass is 10.3. The van der Waals surface area contributed by atoms with Gasteiger partial charge in [-0.15, -0.1) is 0 Å². The normalized spacial score (nSPS) is 14.8. The van der Waals surface area contributed by atoms with E-state index in [0.29, 0.717) is 35.5 Å². The van der Waals surface area contributed by atoms with E-state index >= 15 is 0 Å². The SMILES string of the molecule is Nc1nc2c(Cl)cccc2n1CCC(=O)NC1CC1. The summed E-state index contributed by atoms with van der Waals surface area (Å²) in [5.74, 6) is 0.452. The number of nitrogen functional groups attached to an aromatic ring is 1. The lowest BCUT2D eigenvalue weighted by molar-refractivity contribution is -0.121. The van der Waals surface area contributed by atoms with Crippen molar-refractivity contribution >= 4 is 34.5 Å². The van der Waals surface area contributed by atoms with Gasteiger partial charge in [-0.25, -0.2) is 4.98 Å². The van der Waals surface area contributed by atoms with Crippen molar-refractivity contribution in [3.05, 3.63) is 23.2 Å². The summed E-state index contributed by atoms with van der Waals surface area (Å²) < 4.78 is 1.83. The number of nitrogens with one attached hydrogen (secondary N) is 1. The molecule has 100 valence electrons. The van der Waals surface area contributed by atoms with E-state index in [9.17, 15) is 4.79 Å². The first-order valence-electron chi connectivity index (χ1n) is 6.35. The zero-order valence-electron chi connectivity index (χ0n) is 10.4. The van der Waals surface area contributed by atoms with Crippen LogP contribution in [0.4, 0.5) is 5.95 Å². The minimum absolute atomic E-state index is 0.0609. The van der Waals surface area contributed by atoms with E-state index in [0.717, 1.165) is 18.4 Å². The van der Waals surface area contributed by atoms with Crippen molar-refractivity contribution in [3.8, 4) is 0 Å². The molecule has 6 heteroatoms. The number of aromatic nitrogens is 2. The van der Waals surface area contributed by atoms with Crippen LogP contribution < -0.4 is 11.1 Å². The smallest absolute Gasteiger partial charge is 0.222 e. The molecule has 3 N–H and O–H groups in total. The number of imidazole rings is 1. The molecular formula is C13H15ClN4O. The number of hydrogen-bond donors (Lipinski definition) is 2. The number of carbonyl (C=O) groups excluding carboxylic acids is 1. The van der Waals surface area contributed by atoms with E-state index < -0.39 is 0 Å². The maximum atomic E-state index is 11.7. The molecule has 1 heterocycles. The van der Waals surface area contributed by atoms with Gasteiger partial charge < -0.3 is 15.6 Å². The number of amides is 1. The fourth-order valence-corrected chi connectivity index (χ4v) is 2.32. The molecule has 1 saturated carbocycles. The Morgan fingerprint density at radius 2 is 2.32 bits per heavy atom. The number of anilines is 1. The molecule has 1 aromatic heterocycles. The van der Waals surface area contributed by atoms with Gasteiger partial charge >= 0.3 is 0 Å². The predicted octanol–water partition coefficient (Wildman–Crippen LogP) is 1.94. The zero-order valence-corrected chi connectivity index (χ0v) is 11.2. The minimum Gasteiger partial charge on any atom is -0.369 e. The van der Waals surface area contributed by atoms with Crippen molar-refractivity contribution < 1.29 is 4.79 Å². The van der Waals surface area contributed by atoms with Crippen molar-refractivity contribution in [1.29, 1.82) is 0 Å². The molecule has 1 amide bonds. The molecule has 0 atom stereocenters. The van der Waals surface area contributed by atoms with E-state index in [2.05, 4.69) is 10.3 Å². The Bertz CT molecular complexity index is 633. The number of hydrogen-bond acceptors (Lipinski definition) is 3. The van der Waals surface area contributed by atoms with Gasteiger partial charge in [0.05, 0.1) is 10.5 Å². The average molecular weight is 279 g/mol. The van der Waals surface area contributed by atoms with Crippen LogP contribution in [0.3, 0.4) is 0 Å². The van der Waals surface area contributed by atoms with Crippen LogP contribution in [0.25, 0.3) is 11.0 Å². The number of halogens is 1. The number of rotatable bonds is 4. The Balaban J connectivity index is 1.78. The molecule has 3 rings (SSSR count). The zero-order chi connectivity index (χ0) is 13.4. The summed E-state index contributed by atoms with van der Waals surface area (Å²) in [5.41, 5.74) is 7.43. The highest BCUT2D eigenvalue weighted by molar-refractivity contribution is 6.35. The number of para-hydroxylation sites is 1. The molecule has 1 aliphatic rings. The Morgan fingerprint density at radius 1 is 1.53 bits per heavy atom. The van der Waals surface area contributed by atoms with E-state index in [1.807, 2.05) is 16.7 Å². The number of nitrogens with zero attached hydrogens (tertiary/aromatic N) is 2. The Kier molecular flexibility index (Phi) is 3.06. The fraction of sp³-hybridized carbons (Fsp3) is 0.385. The maximum absolute atomic E-state index is 11.7. The second-order valence-electron chi connectivity index (χ2n) is 4.82. The summed E-state index contributed by atoms with van der Waals surface area (Å²) in [6.45, 7) is 0.515. The molecular weight excluding hydrogens is 264 g/mol. The largest absolute Gasteiger partial charge is 0.369 e. The van der Waals surface area contributed by atoms with E-state index in [1.165, 1.54) is 0 Å². The quantitative estimate of drug-likeness (QED) is 0.898. The summed E-state index contributed by atoms with van der Waals surface area (Å²) in [6, 6.07) is 5.93. The standard InChI is InChI=1S/C13H15ClN4O/c14-9-2-1-3-10-12(9)17-13(15)18(10)7-6-11(19)16-8-4-5-8/h1-3,8H,4-7H2,(H2,15,17)(H,16,19). The second-order valence-corrected chi connectivity index (χ2v) is 5.23. The summed E-state index contributed by atoms with van der Waals surface area (Å²) in [7, 11) is 0. The minimum atomic E-state index is 0.0609. The first kappa shape index (κ1) is 12.3. The highest BCUT2D eigenvalue weighted by Crippen LogP contribution is 2.25. The summed E-state index contributed by atoms with van der Waals surface area (Å²) in [5, 5.41) is 3.53. The fourth-order valence-electron chi connectivity index (χ4n) is 2.11. The summed E-state index contributed by atoms with van der Waals surface area (Å²) in [6.07, 6.45) is 2.59. The third-order valence-corrected chi connectivity index (χ3v) is 3.57. The molecule has 5 nitrogen and oxygen atoms in total. The van der Waals surface area contributed by atoms with Crippen LogP contribution in [0.1, 0.15) is 19.3 Å². The van der Waals surface area contributed by atoms with Crippen LogP contribution in [0.15, 0.2) is 18.2 Å². The molecule has 1 aromatic carbocycles. The third-order valence-electron chi connectivity index (χ3n) is 3.26. The number of carbonyl (C=O) groups is 1. The second kappa shape index (κ2) is 4.74. The van der Waals surface area contributed by atoms with Gasteiger partial charge in [-0.05, 0) is 25.0 Å². The van der Waals surface area contributed by atoms with Crippen molar-refractivity contribution in [2.45, 2.75) is 31.8 Å². The van der Waals surface area contributed by atoms with Crippen molar-refractivity contribution in [2.75, 3.05) is 5.73 Å². The lowest BCUT2D eigenvalue weighted by Crippen LogP contribution is -2.26. The number of aryl methyl sites for hydroxylation is 1. The van der Waals surface area contributed by atoms with Gasteiger partial charge in [0, 0.05) is 19.0 Å². The van der Waals surface area contributed by atoms with E-state index in [4.69, 9.17) is 17.3 Å². The third kappa shape index (κ3) is 2.51. The van der Waals surface area contributed by atoms with Crippen molar-refractivity contribution in [3.63, 3.8) is 0 Å². The van der Waals surface area contributed by atoms with Gasteiger partial charge in [0.15, 0.2) is 0 Å². The summed E-state index contributed by atoms with van der Waals surface area (Å²) >= 11 is 6.07. The van der Waals surface area contributed by atoms with Gasteiger partial charge in [-0.1, -0.05) is 17.7 Å². The van der Waals surface area contributed by atoms with Gasteiger partial charge in [-0.3, -0.25) is 4.79 Å². The number of nitrogens with two attached hydrogens (primary N) is 1. The van der Waals surface area contributed by atoms with Crippen LogP contribution in [0.5, 0.6) is 0 Å². The summed E-state index contributed by atoms with van der Waals surface area (Å²) in [4.78, 5) is 15.9. The highest BCUT2D eigenvalue weighted by atomic mass is 35.5. The van der Waals surface area contributed by atoms with E-state index in [1.54, 1.807) is 6.07 Å². The Labute approximate surface area is 115 Å². The van der Waals surface area contributed by atoms with Crippen molar-refractivity contribution in [1.82, 2.24) is 14.9 Å². The van der Waals surface area contributed by atoms with Gasteiger partial charge in [0.1, 0.15) is 5.52 Å². The molecule has 1 fully saturated rings. The molecule has 2 aromatic rings. The van der Waals surface area contributed by atoms with Crippen LogP contribution in [-0.2, 0) is 11.3 Å². The lowest BCUT2D eigenvalue weighted by Gasteiger charge is -2.07. The average Bonchev–Trinajstić information content (AvgIpc) is 3.11. The predicted molar refractivity (Wildman–Crippen MR) is 74.9 cm³/mol. The number of fused-ring (bicyclic) bond motifs is 1. The molecule has 0 radical (unpaired) electrons. The Morgan fingerprint density at radius 3 is 3.05 bits per heavy atom. The molecule has 0 saturated heterocycles. The van der Waals surface area contributed by atoms with Crippen LogP contribution in [-0.4, -0.2) is 21.5 Å². The molecule has 19 heavy (non-hydrogen) atoms. The first-order chi connectivity index (χ1) is 9.15. The Hall–Kier alpha value is -1.75. The number of benzene rings is 1. The van der Waals surface area contributed by atoms with Gasteiger partial charge in [-0.2, -0.15) is 0 Å². The maximum Gasteiger partial charge on any atom is 0.222 e. The monoisotopic (exact) mass is 278 g/mol. The van der Waals surface area contributed by atoms with Crippen LogP contribution >= 0.6 is 11.6 Å². The van der Waals surface area contributed by atoms with Gasteiger partial charge in [0.2, 0.25) is 11.9 Å². The van der Waals surface area contributed by atoms with E-state index in [-0.39, 0.29) is 5.91 Å². The molecule has 0 unspecified atom stereocenters.